The SMILES string of the molecule is CC(C)(C)c1ccc(-c2ccccc2)c(-c2ccccc2)c1.S. The molecule has 0 heterocycles. The lowest BCUT2D eigenvalue weighted by molar-refractivity contribution is 0.590. The van der Waals surface area contributed by atoms with Crippen molar-refractivity contribution >= 4 is 13.5 Å². The molecule has 0 nitrogen and oxygen atoms in total. The van der Waals surface area contributed by atoms with Crippen LogP contribution in [0.25, 0.3) is 22.3 Å². The second-order valence-corrected chi connectivity index (χ2v) is 6.74. The molecular formula is C22H24S. The minimum absolute atomic E-state index is 0. The molecule has 0 spiro atoms. The zero-order valence-corrected chi connectivity index (χ0v) is 15.0. The first-order chi connectivity index (χ1) is 10.6. The second-order valence-electron chi connectivity index (χ2n) is 6.74. The van der Waals surface area contributed by atoms with E-state index in [2.05, 4.69) is 99.6 Å². The van der Waals surface area contributed by atoms with E-state index in [1.54, 1.807) is 0 Å². The summed E-state index contributed by atoms with van der Waals surface area (Å²) in [6.07, 6.45) is 0. The van der Waals surface area contributed by atoms with Crippen LogP contribution in [0.1, 0.15) is 26.3 Å². The van der Waals surface area contributed by atoms with E-state index in [0.717, 1.165) is 0 Å². The monoisotopic (exact) mass is 320 g/mol. The number of hydrogen-bond donors (Lipinski definition) is 0. The Balaban J connectivity index is 0.00000192. The minimum Gasteiger partial charge on any atom is -0.197 e. The second kappa shape index (κ2) is 7.06. The summed E-state index contributed by atoms with van der Waals surface area (Å²) in [5, 5.41) is 0. The Bertz CT molecular complexity index is 753. The average molecular weight is 321 g/mol. The largest absolute Gasteiger partial charge is 0.197 e. The van der Waals surface area contributed by atoms with Gasteiger partial charge in [0.15, 0.2) is 0 Å². The Kier molecular flexibility index (Phi) is 5.33. The molecular weight excluding hydrogens is 296 g/mol. The lowest BCUT2D eigenvalue weighted by Gasteiger charge is -2.22. The first-order valence-electron chi connectivity index (χ1n) is 7.81. The van der Waals surface area contributed by atoms with Gasteiger partial charge in [0.2, 0.25) is 0 Å². The zero-order valence-electron chi connectivity index (χ0n) is 14.0. The number of hydrogen-bond acceptors (Lipinski definition) is 0. The van der Waals surface area contributed by atoms with Crippen molar-refractivity contribution in [2.45, 2.75) is 26.2 Å². The highest BCUT2D eigenvalue weighted by Crippen LogP contribution is 2.35. The summed E-state index contributed by atoms with van der Waals surface area (Å²) in [4.78, 5) is 0. The minimum atomic E-state index is 0. The maximum atomic E-state index is 2.34. The molecule has 0 saturated carbocycles. The molecule has 0 saturated heterocycles. The normalized spacial score (nSPS) is 10.9. The van der Waals surface area contributed by atoms with Gasteiger partial charge < -0.3 is 0 Å². The van der Waals surface area contributed by atoms with Crippen LogP contribution in [0.4, 0.5) is 0 Å². The smallest absolute Gasteiger partial charge is 0.0102 e. The van der Waals surface area contributed by atoms with Gasteiger partial charge in [-0.2, -0.15) is 13.5 Å². The van der Waals surface area contributed by atoms with Gasteiger partial charge in [-0.05, 0) is 33.2 Å². The van der Waals surface area contributed by atoms with Crippen LogP contribution < -0.4 is 0 Å². The van der Waals surface area contributed by atoms with E-state index in [4.69, 9.17) is 0 Å². The highest BCUT2D eigenvalue weighted by atomic mass is 32.1. The van der Waals surface area contributed by atoms with Crippen molar-refractivity contribution in [2.24, 2.45) is 0 Å². The molecule has 0 radical (unpaired) electrons. The molecule has 0 fully saturated rings. The summed E-state index contributed by atoms with van der Waals surface area (Å²) in [5.41, 5.74) is 6.65. The predicted octanol–water partition coefficient (Wildman–Crippen LogP) is 6.43. The summed E-state index contributed by atoms with van der Waals surface area (Å²) >= 11 is 0. The molecule has 0 aromatic heterocycles. The molecule has 1 heteroatoms. The molecule has 118 valence electrons. The third-order valence-electron chi connectivity index (χ3n) is 4.06. The highest BCUT2D eigenvalue weighted by Gasteiger charge is 2.16. The van der Waals surface area contributed by atoms with Gasteiger partial charge in [0.1, 0.15) is 0 Å². The summed E-state index contributed by atoms with van der Waals surface area (Å²) < 4.78 is 0. The number of benzene rings is 3. The first kappa shape index (κ1) is 17.4. The summed E-state index contributed by atoms with van der Waals surface area (Å²) in [5.74, 6) is 0. The molecule has 0 aliphatic heterocycles. The number of rotatable bonds is 2. The fourth-order valence-corrected chi connectivity index (χ4v) is 2.74. The summed E-state index contributed by atoms with van der Waals surface area (Å²) in [6.45, 7) is 6.79. The molecule has 0 amide bonds. The zero-order chi connectivity index (χ0) is 15.6. The van der Waals surface area contributed by atoms with Gasteiger partial charge in [0.25, 0.3) is 0 Å². The first-order valence-corrected chi connectivity index (χ1v) is 7.81. The Morgan fingerprint density at radius 2 is 1.04 bits per heavy atom. The van der Waals surface area contributed by atoms with Crippen molar-refractivity contribution in [3.63, 3.8) is 0 Å². The third-order valence-corrected chi connectivity index (χ3v) is 4.06. The molecule has 0 aliphatic carbocycles. The Hall–Kier alpha value is -1.99. The van der Waals surface area contributed by atoms with Crippen molar-refractivity contribution in [3.05, 3.63) is 84.4 Å². The van der Waals surface area contributed by atoms with Crippen LogP contribution in [0.15, 0.2) is 78.9 Å². The molecule has 0 unspecified atom stereocenters. The molecule has 3 aromatic rings. The van der Waals surface area contributed by atoms with Gasteiger partial charge in [-0.15, -0.1) is 0 Å². The Labute approximate surface area is 146 Å². The molecule has 0 aliphatic rings. The fraction of sp³-hybridized carbons (Fsp3) is 0.182. The third kappa shape index (κ3) is 3.86. The van der Waals surface area contributed by atoms with E-state index in [9.17, 15) is 0 Å². The lowest BCUT2D eigenvalue weighted by Crippen LogP contribution is -2.11. The van der Waals surface area contributed by atoms with Gasteiger partial charge in [0, 0.05) is 0 Å². The maximum absolute atomic E-state index is 2.34. The van der Waals surface area contributed by atoms with Gasteiger partial charge in [0.05, 0.1) is 0 Å². The van der Waals surface area contributed by atoms with E-state index in [0.29, 0.717) is 0 Å². The van der Waals surface area contributed by atoms with Crippen molar-refractivity contribution in [1.82, 2.24) is 0 Å². The van der Waals surface area contributed by atoms with Crippen molar-refractivity contribution in [1.29, 1.82) is 0 Å². The quantitative estimate of drug-likeness (QED) is 0.510. The van der Waals surface area contributed by atoms with E-state index >= 15 is 0 Å². The highest BCUT2D eigenvalue weighted by molar-refractivity contribution is 7.59. The van der Waals surface area contributed by atoms with Crippen LogP contribution in [0.5, 0.6) is 0 Å². The van der Waals surface area contributed by atoms with Crippen LogP contribution >= 0.6 is 13.5 Å². The van der Waals surface area contributed by atoms with Crippen LogP contribution in [-0.2, 0) is 5.41 Å². The molecule has 0 N–H and O–H groups in total. The topological polar surface area (TPSA) is 0 Å². The molecule has 3 rings (SSSR count). The van der Waals surface area contributed by atoms with Crippen LogP contribution in [0.3, 0.4) is 0 Å². The standard InChI is InChI=1S/C22H22.H2S/c1-22(2,3)19-14-15-20(17-10-6-4-7-11-17)21(16-19)18-12-8-5-9-13-18;/h4-16H,1-3H3;1H2. The molecule has 23 heavy (non-hydrogen) atoms. The lowest BCUT2D eigenvalue weighted by atomic mass is 9.83. The maximum Gasteiger partial charge on any atom is -0.0102 e. The molecule has 3 aromatic carbocycles. The molecule has 0 bridgehead atoms. The van der Waals surface area contributed by atoms with Crippen molar-refractivity contribution in [3.8, 4) is 22.3 Å². The van der Waals surface area contributed by atoms with E-state index in [-0.39, 0.29) is 18.9 Å². The average Bonchev–Trinajstić information content (AvgIpc) is 2.55. The van der Waals surface area contributed by atoms with Gasteiger partial charge >= 0.3 is 0 Å². The van der Waals surface area contributed by atoms with Crippen LogP contribution in [0.2, 0.25) is 0 Å². The van der Waals surface area contributed by atoms with Crippen molar-refractivity contribution < 1.29 is 0 Å². The summed E-state index contributed by atoms with van der Waals surface area (Å²) in [6, 6.07) is 28.1. The van der Waals surface area contributed by atoms with Crippen LogP contribution in [0, 0.1) is 0 Å². The van der Waals surface area contributed by atoms with E-state index in [1.807, 2.05) is 0 Å². The van der Waals surface area contributed by atoms with Gasteiger partial charge in [-0.25, -0.2) is 0 Å². The fourth-order valence-electron chi connectivity index (χ4n) is 2.74. The van der Waals surface area contributed by atoms with Gasteiger partial charge in [-0.3, -0.25) is 0 Å². The van der Waals surface area contributed by atoms with E-state index < -0.39 is 0 Å². The Morgan fingerprint density at radius 3 is 1.52 bits per heavy atom. The molecule has 0 atom stereocenters. The summed E-state index contributed by atoms with van der Waals surface area (Å²) in [7, 11) is 0. The van der Waals surface area contributed by atoms with Gasteiger partial charge in [-0.1, -0.05) is 99.6 Å². The van der Waals surface area contributed by atoms with Crippen molar-refractivity contribution in [2.75, 3.05) is 0 Å². The predicted molar refractivity (Wildman–Crippen MR) is 106 cm³/mol. The van der Waals surface area contributed by atoms with Crippen LogP contribution in [-0.4, -0.2) is 0 Å². The Morgan fingerprint density at radius 1 is 0.565 bits per heavy atom. The van der Waals surface area contributed by atoms with E-state index in [1.165, 1.54) is 27.8 Å².